The molecule has 4 rings (SSSR count). The Kier molecular flexibility index (Phi) is 5.45. The minimum atomic E-state index is -1.79. The summed E-state index contributed by atoms with van der Waals surface area (Å²) in [6, 6.07) is 0.324. The van der Waals surface area contributed by atoms with Gasteiger partial charge in [-0.3, -0.25) is 0 Å². The average Bonchev–Trinajstić information content (AvgIpc) is 3.21. The number of aromatic nitrogens is 4. The Morgan fingerprint density at radius 2 is 1.90 bits per heavy atom. The lowest BCUT2D eigenvalue weighted by Gasteiger charge is -2.38. The van der Waals surface area contributed by atoms with E-state index >= 15 is 0 Å². The van der Waals surface area contributed by atoms with Crippen molar-refractivity contribution in [2.24, 2.45) is 5.92 Å². The first-order valence-electron chi connectivity index (χ1n) is 10.9. The largest absolute Gasteiger partial charge is 0.415 e. The molecule has 1 atom stereocenters. The molecule has 3 heterocycles. The highest BCUT2D eigenvalue weighted by atomic mass is 35.5. The van der Waals surface area contributed by atoms with Crippen molar-refractivity contribution >= 4 is 36.8 Å². The van der Waals surface area contributed by atoms with Crippen LogP contribution in [0.2, 0.25) is 23.4 Å². The summed E-state index contributed by atoms with van der Waals surface area (Å²) in [7, 11) is -1.79. The fourth-order valence-electron chi connectivity index (χ4n) is 3.89. The molecule has 2 aromatic rings. The molecule has 1 aliphatic heterocycles. The summed E-state index contributed by atoms with van der Waals surface area (Å²) in [4.78, 5) is 11.6. The van der Waals surface area contributed by atoms with Gasteiger partial charge in [-0.1, -0.05) is 20.8 Å². The first kappa shape index (κ1) is 21.1. The number of rotatable bonds is 6. The van der Waals surface area contributed by atoms with E-state index in [0.29, 0.717) is 11.3 Å². The Morgan fingerprint density at radius 1 is 1.17 bits per heavy atom. The number of hydrogen-bond donors (Lipinski definition) is 0. The van der Waals surface area contributed by atoms with E-state index in [1.165, 1.54) is 12.8 Å². The molecule has 1 unspecified atom stereocenters. The van der Waals surface area contributed by atoms with Gasteiger partial charge in [0.25, 0.3) is 0 Å². The Bertz CT molecular complexity index is 903. The van der Waals surface area contributed by atoms with Gasteiger partial charge in [0.2, 0.25) is 5.28 Å². The molecule has 29 heavy (non-hydrogen) atoms. The van der Waals surface area contributed by atoms with Crippen molar-refractivity contribution in [3.05, 3.63) is 11.0 Å². The van der Waals surface area contributed by atoms with E-state index in [0.717, 1.165) is 61.0 Å². The number of fused-ring (bicyclic) bond motifs is 1. The van der Waals surface area contributed by atoms with E-state index < -0.39 is 8.32 Å². The van der Waals surface area contributed by atoms with Gasteiger partial charge in [0.1, 0.15) is 5.82 Å². The highest BCUT2D eigenvalue weighted by Crippen LogP contribution is 2.39. The molecular formula is C21H34ClN5OSi. The number of nitrogens with zero attached hydrogens (tertiary/aromatic N) is 5. The van der Waals surface area contributed by atoms with Crippen molar-refractivity contribution in [1.29, 1.82) is 0 Å². The van der Waals surface area contributed by atoms with Crippen LogP contribution < -0.4 is 4.90 Å². The zero-order valence-corrected chi connectivity index (χ0v) is 20.4. The number of anilines is 1. The van der Waals surface area contributed by atoms with Crippen molar-refractivity contribution in [2.75, 3.05) is 18.1 Å². The molecule has 2 fully saturated rings. The molecule has 0 radical (unpaired) electrons. The van der Waals surface area contributed by atoms with E-state index in [4.69, 9.17) is 21.1 Å². The van der Waals surface area contributed by atoms with Crippen LogP contribution in [0, 0.1) is 12.8 Å². The van der Waals surface area contributed by atoms with Gasteiger partial charge in [0.15, 0.2) is 14.0 Å². The van der Waals surface area contributed by atoms with Crippen LogP contribution in [0.3, 0.4) is 0 Å². The fraction of sp³-hybridized carbons (Fsp3) is 0.762. The molecule has 0 spiro atoms. The summed E-state index contributed by atoms with van der Waals surface area (Å²) < 4.78 is 8.61. The topological polar surface area (TPSA) is 56.1 Å². The number of hydrogen-bond acceptors (Lipinski definition) is 5. The summed E-state index contributed by atoms with van der Waals surface area (Å²) in [6.07, 6.45) is 4.83. The van der Waals surface area contributed by atoms with Crippen LogP contribution in [0.4, 0.5) is 5.82 Å². The van der Waals surface area contributed by atoms with Gasteiger partial charge in [0, 0.05) is 13.1 Å². The standard InChI is InChI=1S/C21H34ClN5OSi/c1-14-17-18(23-20(22)24-19(17)27(25-14)12-15-9-10-15)26-11-7-8-16(26)13-28-29(5,6)21(2,3)4/h15-16H,7-13H2,1-6H3. The molecule has 0 bridgehead atoms. The lowest BCUT2D eigenvalue weighted by atomic mass is 10.2. The Morgan fingerprint density at radius 3 is 2.55 bits per heavy atom. The van der Waals surface area contributed by atoms with Crippen LogP contribution in [0.1, 0.15) is 52.1 Å². The van der Waals surface area contributed by atoms with Gasteiger partial charge < -0.3 is 9.33 Å². The van der Waals surface area contributed by atoms with Gasteiger partial charge >= 0.3 is 0 Å². The van der Waals surface area contributed by atoms with Gasteiger partial charge in [-0.05, 0) is 68.3 Å². The van der Waals surface area contributed by atoms with Crippen LogP contribution in [0.25, 0.3) is 11.0 Å². The van der Waals surface area contributed by atoms with Crippen molar-refractivity contribution in [1.82, 2.24) is 19.7 Å². The van der Waals surface area contributed by atoms with E-state index in [-0.39, 0.29) is 5.04 Å². The lowest BCUT2D eigenvalue weighted by Crippen LogP contribution is -2.45. The van der Waals surface area contributed by atoms with E-state index in [1.54, 1.807) is 0 Å². The summed E-state index contributed by atoms with van der Waals surface area (Å²) in [5.74, 6) is 1.66. The Labute approximate surface area is 180 Å². The molecule has 6 nitrogen and oxygen atoms in total. The summed E-state index contributed by atoms with van der Waals surface area (Å²) in [5.41, 5.74) is 1.86. The molecule has 0 amide bonds. The van der Waals surface area contributed by atoms with E-state index in [2.05, 4.69) is 55.7 Å². The SMILES string of the molecule is Cc1nn(CC2CC2)c2nc(Cl)nc(N3CCCC3CO[Si](C)(C)C(C)(C)C)c12. The molecule has 160 valence electrons. The molecule has 1 aliphatic carbocycles. The molecular weight excluding hydrogens is 402 g/mol. The van der Waals surface area contributed by atoms with Crippen LogP contribution in [-0.2, 0) is 11.0 Å². The molecule has 0 N–H and O–H groups in total. The quantitative estimate of drug-likeness (QED) is 0.461. The minimum absolute atomic E-state index is 0.211. The monoisotopic (exact) mass is 435 g/mol. The highest BCUT2D eigenvalue weighted by molar-refractivity contribution is 6.74. The summed E-state index contributed by atoms with van der Waals surface area (Å²) >= 11 is 6.38. The van der Waals surface area contributed by atoms with Crippen molar-refractivity contribution < 1.29 is 4.43 Å². The van der Waals surface area contributed by atoms with Crippen molar-refractivity contribution in [3.8, 4) is 0 Å². The molecule has 8 heteroatoms. The zero-order chi connectivity index (χ0) is 21.0. The average molecular weight is 436 g/mol. The first-order valence-corrected chi connectivity index (χ1v) is 14.2. The van der Waals surface area contributed by atoms with Crippen LogP contribution in [0.15, 0.2) is 0 Å². The lowest BCUT2D eigenvalue weighted by molar-refractivity contribution is 0.263. The normalized spacial score (nSPS) is 20.8. The van der Waals surface area contributed by atoms with E-state index in [9.17, 15) is 0 Å². The maximum Gasteiger partial charge on any atom is 0.226 e. The van der Waals surface area contributed by atoms with Crippen LogP contribution in [0.5, 0.6) is 0 Å². The molecule has 1 saturated carbocycles. The third-order valence-electron chi connectivity index (χ3n) is 6.94. The van der Waals surface area contributed by atoms with Gasteiger partial charge in [-0.2, -0.15) is 15.1 Å². The Balaban J connectivity index is 1.63. The van der Waals surface area contributed by atoms with Gasteiger partial charge in [0.05, 0.1) is 23.7 Å². The summed E-state index contributed by atoms with van der Waals surface area (Å²) in [5, 5.41) is 6.36. The van der Waals surface area contributed by atoms with E-state index in [1.807, 2.05) is 4.68 Å². The predicted octanol–water partition coefficient (Wildman–Crippen LogP) is 5.19. The fourth-order valence-corrected chi connectivity index (χ4v) is 5.09. The zero-order valence-electron chi connectivity index (χ0n) is 18.6. The summed E-state index contributed by atoms with van der Waals surface area (Å²) in [6.45, 7) is 16.2. The third kappa shape index (κ3) is 4.19. The van der Waals surface area contributed by atoms with Crippen LogP contribution in [-0.4, -0.2) is 47.3 Å². The molecule has 2 aromatic heterocycles. The second kappa shape index (κ2) is 7.50. The predicted molar refractivity (Wildman–Crippen MR) is 121 cm³/mol. The third-order valence-corrected chi connectivity index (χ3v) is 11.6. The molecule has 1 saturated heterocycles. The van der Waals surface area contributed by atoms with Crippen LogP contribution >= 0.6 is 11.6 Å². The minimum Gasteiger partial charge on any atom is -0.415 e. The first-order chi connectivity index (χ1) is 13.6. The highest BCUT2D eigenvalue weighted by Gasteiger charge is 2.39. The smallest absolute Gasteiger partial charge is 0.226 e. The maximum atomic E-state index is 6.57. The second-order valence-corrected chi connectivity index (χ2v) is 15.4. The maximum absolute atomic E-state index is 6.57. The molecule has 0 aromatic carbocycles. The van der Waals surface area contributed by atoms with Crippen molar-refractivity contribution in [3.63, 3.8) is 0 Å². The van der Waals surface area contributed by atoms with Crippen molar-refractivity contribution in [2.45, 2.75) is 84.1 Å². The number of aryl methyl sites for hydroxylation is 1. The van der Waals surface area contributed by atoms with Gasteiger partial charge in [-0.15, -0.1) is 0 Å². The van der Waals surface area contributed by atoms with Gasteiger partial charge in [-0.25, -0.2) is 4.68 Å². The number of halogens is 1. The Hall–Kier alpha value is -1.18. The second-order valence-electron chi connectivity index (χ2n) is 10.3. The molecule has 2 aliphatic rings.